The van der Waals surface area contributed by atoms with Gasteiger partial charge in [0.25, 0.3) is 0 Å². The summed E-state index contributed by atoms with van der Waals surface area (Å²) in [6.07, 6.45) is 5.28. The fraction of sp³-hybridized carbons (Fsp3) is 0.800. The van der Waals surface area contributed by atoms with Crippen LogP contribution in [0.25, 0.3) is 0 Å². The molecule has 20 heavy (non-hydrogen) atoms. The first-order chi connectivity index (χ1) is 9.52. The van der Waals surface area contributed by atoms with Crippen LogP contribution in [-0.2, 0) is 6.54 Å². The van der Waals surface area contributed by atoms with E-state index in [9.17, 15) is 0 Å². The second kappa shape index (κ2) is 6.59. The van der Waals surface area contributed by atoms with Gasteiger partial charge in [0.05, 0.1) is 25.5 Å². The Kier molecular flexibility index (Phi) is 5.05. The Bertz CT molecular complexity index is 430. The first-order valence-electron chi connectivity index (χ1n) is 7.53. The Morgan fingerprint density at radius 2 is 2.20 bits per heavy atom. The Morgan fingerprint density at radius 3 is 2.85 bits per heavy atom. The number of nitrogens with zero attached hydrogens (tertiary/aromatic N) is 3. The van der Waals surface area contributed by atoms with E-state index in [1.54, 1.807) is 7.11 Å². The van der Waals surface area contributed by atoms with Crippen LogP contribution in [0.4, 0.5) is 0 Å². The van der Waals surface area contributed by atoms with Crippen molar-refractivity contribution < 1.29 is 4.74 Å². The van der Waals surface area contributed by atoms with Crippen molar-refractivity contribution in [2.45, 2.75) is 44.7 Å². The summed E-state index contributed by atoms with van der Waals surface area (Å²) in [4.78, 5) is 2.17. The molecule has 1 aromatic heterocycles. The standard InChI is InChI=1S/C15H28N4O/c1-11-5-6-13(16)12(9-11)15-14(20-4)10-17-19(15)8-7-18(2)3/h10-13H,5-9,16H2,1-4H3. The fourth-order valence-corrected chi connectivity index (χ4v) is 3.10. The van der Waals surface area contributed by atoms with E-state index >= 15 is 0 Å². The number of aromatic nitrogens is 2. The lowest BCUT2D eigenvalue weighted by molar-refractivity contribution is 0.282. The number of methoxy groups -OCH3 is 1. The molecule has 0 aromatic carbocycles. The van der Waals surface area contributed by atoms with Crippen molar-refractivity contribution in [1.29, 1.82) is 0 Å². The Balaban J connectivity index is 2.24. The van der Waals surface area contributed by atoms with Gasteiger partial charge in [-0.05, 0) is 39.3 Å². The number of ether oxygens (including phenoxy) is 1. The summed E-state index contributed by atoms with van der Waals surface area (Å²) in [5.74, 6) is 1.97. The lowest BCUT2D eigenvalue weighted by Gasteiger charge is -2.33. The maximum atomic E-state index is 6.37. The molecular weight excluding hydrogens is 252 g/mol. The zero-order chi connectivity index (χ0) is 14.7. The Labute approximate surface area is 122 Å². The molecule has 2 N–H and O–H groups in total. The second-order valence-electron chi connectivity index (χ2n) is 6.31. The molecule has 0 spiro atoms. The van der Waals surface area contributed by atoms with Gasteiger partial charge in [0.1, 0.15) is 0 Å². The van der Waals surface area contributed by atoms with Crippen molar-refractivity contribution in [3.63, 3.8) is 0 Å². The number of hydrogen-bond acceptors (Lipinski definition) is 4. The van der Waals surface area contributed by atoms with Gasteiger partial charge in [-0.2, -0.15) is 5.10 Å². The van der Waals surface area contributed by atoms with Crippen LogP contribution in [0.2, 0.25) is 0 Å². The highest BCUT2D eigenvalue weighted by Crippen LogP contribution is 2.39. The van der Waals surface area contributed by atoms with E-state index in [2.05, 4.69) is 35.7 Å². The van der Waals surface area contributed by atoms with Gasteiger partial charge in [0.15, 0.2) is 5.75 Å². The summed E-state index contributed by atoms with van der Waals surface area (Å²) >= 11 is 0. The third kappa shape index (κ3) is 3.33. The molecule has 1 aromatic rings. The summed E-state index contributed by atoms with van der Waals surface area (Å²) in [5, 5.41) is 4.50. The first-order valence-corrected chi connectivity index (χ1v) is 7.53. The van der Waals surface area contributed by atoms with Crippen LogP contribution in [-0.4, -0.2) is 48.5 Å². The van der Waals surface area contributed by atoms with E-state index in [1.165, 1.54) is 12.1 Å². The van der Waals surface area contributed by atoms with Gasteiger partial charge in [-0.15, -0.1) is 0 Å². The van der Waals surface area contributed by atoms with Gasteiger partial charge >= 0.3 is 0 Å². The normalized spacial score (nSPS) is 27.0. The van der Waals surface area contributed by atoms with E-state index in [4.69, 9.17) is 10.5 Å². The topological polar surface area (TPSA) is 56.3 Å². The van der Waals surface area contributed by atoms with Gasteiger partial charge in [-0.3, -0.25) is 4.68 Å². The zero-order valence-corrected chi connectivity index (χ0v) is 13.2. The predicted octanol–water partition coefficient (Wildman–Crippen LogP) is 1.68. The van der Waals surface area contributed by atoms with E-state index in [-0.39, 0.29) is 6.04 Å². The molecule has 0 radical (unpaired) electrons. The van der Waals surface area contributed by atoms with E-state index < -0.39 is 0 Å². The fourth-order valence-electron chi connectivity index (χ4n) is 3.10. The highest BCUT2D eigenvalue weighted by atomic mass is 16.5. The minimum absolute atomic E-state index is 0.218. The molecule has 5 heteroatoms. The smallest absolute Gasteiger partial charge is 0.160 e. The van der Waals surface area contributed by atoms with Crippen LogP contribution < -0.4 is 10.5 Å². The van der Waals surface area contributed by atoms with Crippen LogP contribution in [0.1, 0.15) is 37.8 Å². The summed E-state index contributed by atoms with van der Waals surface area (Å²) in [6, 6.07) is 0.218. The molecular formula is C15H28N4O. The van der Waals surface area contributed by atoms with Crippen LogP contribution in [0.5, 0.6) is 5.75 Å². The van der Waals surface area contributed by atoms with Gasteiger partial charge in [-0.1, -0.05) is 6.92 Å². The molecule has 1 aliphatic carbocycles. The van der Waals surface area contributed by atoms with Crippen molar-refractivity contribution in [2.75, 3.05) is 27.7 Å². The lowest BCUT2D eigenvalue weighted by atomic mass is 9.77. The highest BCUT2D eigenvalue weighted by Gasteiger charge is 2.32. The van der Waals surface area contributed by atoms with Gasteiger partial charge in [0, 0.05) is 18.5 Å². The molecule has 2 rings (SSSR count). The highest BCUT2D eigenvalue weighted by molar-refractivity contribution is 5.30. The predicted molar refractivity (Wildman–Crippen MR) is 81.1 cm³/mol. The van der Waals surface area contributed by atoms with Crippen LogP contribution >= 0.6 is 0 Å². The molecule has 0 aliphatic heterocycles. The summed E-state index contributed by atoms with van der Waals surface area (Å²) < 4.78 is 7.60. The van der Waals surface area contributed by atoms with Crippen molar-refractivity contribution in [3.05, 3.63) is 11.9 Å². The van der Waals surface area contributed by atoms with Gasteiger partial charge in [-0.25, -0.2) is 0 Å². The average molecular weight is 280 g/mol. The number of nitrogens with two attached hydrogens (primary N) is 1. The molecule has 0 bridgehead atoms. The van der Waals surface area contributed by atoms with Gasteiger partial charge in [0.2, 0.25) is 0 Å². The number of hydrogen-bond donors (Lipinski definition) is 1. The SMILES string of the molecule is COc1cnn(CCN(C)C)c1C1CC(C)CCC1N. The third-order valence-electron chi connectivity index (χ3n) is 4.34. The van der Waals surface area contributed by atoms with Crippen LogP contribution in [0.3, 0.4) is 0 Å². The van der Waals surface area contributed by atoms with Crippen molar-refractivity contribution in [3.8, 4) is 5.75 Å². The third-order valence-corrected chi connectivity index (χ3v) is 4.34. The molecule has 114 valence electrons. The molecule has 1 heterocycles. The summed E-state index contributed by atoms with van der Waals surface area (Å²) in [5.41, 5.74) is 7.56. The van der Waals surface area contributed by atoms with Crippen molar-refractivity contribution in [2.24, 2.45) is 11.7 Å². The largest absolute Gasteiger partial charge is 0.493 e. The Hall–Kier alpha value is -1.07. The molecule has 1 fully saturated rings. The number of rotatable bonds is 5. The molecule has 0 amide bonds. The molecule has 3 atom stereocenters. The van der Waals surface area contributed by atoms with Crippen molar-refractivity contribution in [1.82, 2.24) is 14.7 Å². The monoisotopic (exact) mass is 280 g/mol. The molecule has 1 aliphatic rings. The van der Waals surface area contributed by atoms with E-state index in [1.807, 2.05) is 6.20 Å². The minimum atomic E-state index is 0.218. The lowest BCUT2D eigenvalue weighted by Crippen LogP contribution is -2.35. The van der Waals surface area contributed by atoms with E-state index in [0.29, 0.717) is 5.92 Å². The zero-order valence-electron chi connectivity index (χ0n) is 13.2. The summed E-state index contributed by atoms with van der Waals surface area (Å²) in [6.45, 7) is 4.16. The van der Waals surface area contributed by atoms with Crippen LogP contribution in [0, 0.1) is 5.92 Å². The first kappa shape index (κ1) is 15.3. The Morgan fingerprint density at radius 1 is 1.45 bits per heavy atom. The summed E-state index contributed by atoms with van der Waals surface area (Å²) in [7, 11) is 5.87. The molecule has 3 unspecified atom stereocenters. The molecule has 5 nitrogen and oxygen atoms in total. The van der Waals surface area contributed by atoms with Gasteiger partial charge < -0.3 is 15.4 Å². The average Bonchev–Trinajstić information content (AvgIpc) is 2.82. The maximum absolute atomic E-state index is 6.37. The maximum Gasteiger partial charge on any atom is 0.160 e. The molecule has 0 saturated heterocycles. The minimum Gasteiger partial charge on any atom is -0.493 e. The molecule has 1 saturated carbocycles. The second-order valence-corrected chi connectivity index (χ2v) is 6.31. The van der Waals surface area contributed by atoms with E-state index in [0.717, 1.165) is 37.6 Å². The quantitative estimate of drug-likeness (QED) is 0.891. The van der Waals surface area contributed by atoms with Crippen LogP contribution in [0.15, 0.2) is 6.20 Å². The number of likely N-dealkylation sites (N-methyl/N-ethyl adjacent to an activating group) is 1. The van der Waals surface area contributed by atoms with Crippen molar-refractivity contribution >= 4 is 0 Å².